The Morgan fingerprint density at radius 2 is 1.79 bits per heavy atom. The number of hydrazine groups is 1. The Bertz CT molecular complexity index is 1140. The van der Waals surface area contributed by atoms with Gasteiger partial charge in [-0.15, -0.1) is 0 Å². The number of methoxy groups -OCH3 is 1. The third-order valence-electron chi connectivity index (χ3n) is 4.22. The standard InChI is InChI=1S/C20H19FN4O4/c1-3-10-25-20(28)14-7-5-4-6-13(14)17(24-25)19(27)23-22-18(26)12-8-9-16(29-2)15(21)11-12/h4-9,11H,3,10H2,1-2H3,(H,22,26)(H,23,27). The molecule has 0 aliphatic carbocycles. The number of amides is 2. The fourth-order valence-electron chi connectivity index (χ4n) is 2.82. The van der Waals surface area contributed by atoms with Crippen molar-refractivity contribution in [1.82, 2.24) is 20.6 Å². The van der Waals surface area contributed by atoms with Gasteiger partial charge in [-0.3, -0.25) is 25.2 Å². The highest BCUT2D eigenvalue weighted by Crippen LogP contribution is 2.17. The number of ether oxygens (including phenoxy) is 1. The van der Waals surface area contributed by atoms with Gasteiger partial charge >= 0.3 is 0 Å². The van der Waals surface area contributed by atoms with Crippen molar-refractivity contribution in [3.05, 3.63) is 69.9 Å². The summed E-state index contributed by atoms with van der Waals surface area (Å²) in [6.45, 7) is 2.23. The van der Waals surface area contributed by atoms with Crippen LogP contribution in [0.15, 0.2) is 47.3 Å². The summed E-state index contributed by atoms with van der Waals surface area (Å²) in [6.07, 6.45) is 0.659. The van der Waals surface area contributed by atoms with E-state index >= 15 is 0 Å². The SMILES string of the molecule is CCCn1nc(C(=O)NNC(=O)c2ccc(OC)c(F)c2)c2ccccc2c1=O. The first-order valence-corrected chi connectivity index (χ1v) is 8.90. The van der Waals surface area contributed by atoms with Gasteiger partial charge in [0.2, 0.25) is 0 Å². The smallest absolute Gasteiger partial charge is 0.290 e. The van der Waals surface area contributed by atoms with Gasteiger partial charge in [0.15, 0.2) is 17.3 Å². The maximum absolute atomic E-state index is 13.8. The summed E-state index contributed by atoms with van der Waals surface area (Å²) < 4.78 is 19.8. The third-order valence-corrected chi connectivity index (χ3v) is 4.22. The topological polar surface area (TPSA) is 102 Å². The summed E-state index contributed by atoms with van der Waals surface area (Å²) in [5.41, 5.74) is 4.17. The zero-order valence-corrected chi connectivity index (χ0v) is 15.9. The predicted molar refractivity (Wildman–Crippen MR) is 104 cm³/mol. The Hall–Kier alpha value is -3.75. The highest BCUT2D eigenvalue weighted by Gasteiger charge is 2.18. The van der Waals surface area contributed by atoms with Crippen LogP contribution in [0.25, 0.3) is 10.8 Å². The van der Waals surface area contributed by atoms with E-state index in [1.807, 2.05) is 6.92 Å². The zero-order valence-electron chi connectivity index (χ0n) is 15.9. The third kappa shape index (κ3) is 4.08. The Morgan fingerprint density at radius 1 is 1.10 bits per heavy atom. The van der Waals surface area contributed by atoms with Crippen LogP contribution in [0, 0.1) is 5.82 Å². The first-order chi connectivity index (χ1) is 14.0. The van der Waals surface area contributed by atoms with E-state index in [9.17, 15) is 18.8 Å². The molecule has 0 bridgehead atoms. The van der Waals surface area contributed by atoms with Crippen LogP contribution in [0.3, 0.4) is 0 Å². The number of aromatic nitrogens is 2. The van der Waals surface area contributed by atoms with Crippen LogP contribution in [0.1, 0.15) is 34.2 Å². The lowest BCUT2D eigenvalue weighted by Crippen LogP contribution is -2.42. The Morgan fingerprint density at radius 3 is 2.45 bits per heavy atom. The van der Waals surface area contributed by atoms with Crippen LogP contribution in [-0.2, 0) is 6.54 Å². The largest absolute Gasteiger partial charge is 0.494 e. The van der Waals surface area contributed by atoms with E-state index in [4.69, 9.17) is 4.74 Å². The molecule has 0 atom stereocenters. The molecule has 0 fully saturated rings. The van der Waals surface area contributed by atoms with Gasteiger partial charge in [0, 0.05) is 17.5 Å². The number of benzene rings is 2. The lowest BCUT2D eigenvalue weighted by atomic mass is 10.1. The molecule has 150 valence electrons. The minimum atomic E-state index is -0.717. The van der Waals surface area contributed by atoms with Crippen molar-refractivity contribution in [2.24, 2.45) is 0 Å². The maximum Gasteiger partial charge on any atom is 0.290 e. The van der Waals surface area contributed by atoms with Crippen molar-refractivity contribution in [2.45, 2.75) is 19.9 Å². The first-order valence-electron chi connectivity index (χ1n) is 8.90. The van der Waals surface area contributed by atoms with Gasteiger partial charge in [-0.1, -0.05) is 25.1 Å². The van der Waals surface area contributed by atoms with E-state index < -0.39 is 17.6 Å². The Kier molecular flexibility index (Phi) is 5.87. The van der Waals surface area contributed by atoms with E-state index in [1.54, 1.807) is 24.3 Å². The first kappa shape index (κ1) is 20.0. The van der Waals surface area contributed by atoms with E-state index in [1.165, 1.54) is 23.9 Å². The number of carbonyl (C=O) groups excluding carboxylic acids is 2. The molecule has 0 aliphatic heterocycles. The number of hydrogen-bond acceptors (Lipinski definition) is 5. The summed E-state index contributed by atoms with van der Waals surface area (Å²) in [4.78, 5) is 37.3. The molecule has 29 heavy (non-hydrogen) atoms. The van der Waals surface area contributed by atoms with E-state index in [0.717, 1.165) is 6.07 Å². The normalized spacial score (nSPS) is 10.6. The quantitative estimate of drug-likeness (QED) is 0.641. The van der Waals surface area contributed by atoms with Gasteiger partial charge in [-0.2, -0.15) is 5.10 Å². The van der Waals surface area contributed by atoms with Crippen molar-refractivity contribution in [3.63, 3.8) is 0 Å². The van der Waals surface area contributed by atoms with Crippen molar-refractivity contribution in [3.8, 4) is 5.75 Å². The minimum Gasteiger partial charge on any atom is -0.494 e. The second-order valence-corrected chi connectivity index (χ2v) is 6.18. The van der Waals surface area contributed by atoms with E-state index in [2.05, 4.69) is 16.0 Å². The average Bonchev–Trinajstić information content (AvgIpc) is 2.73. The van der Waals surface area contributed by atoms with Crippen LogP contribution >= 0.6 is 0 Å². The molecule has 3 aromatic rings. The molecule has 2 amide bonds. The van der Waals surface area contributed by atoms with Gasteiger partial charge in [-0.05, 0) is 30.7 Å². The van der Waals surface area contributed by atoms with Crippen LogP contribution in [-0.4, -0.2) is 28.7 Å². The van der Waals surface area contributed by atoms with E-state index in [-0.39, 0.29) is 22.6 Å². The molecule has 2 aromatic carbocycles. The molecular formula is C20H19FN4O4. The van der Waals surface area contributed by atoms with Crippen molar-refractivity contribution >= 4 is 22.6 Å². The van der Waals surface area contributed by atoms with Crippen molar-refractivity contribution in [1.29, 1.82) is 0 Å². The summed E-state index contributed by atoms with van der Waals surface area (Å²) in [6, 6.07) is 10.3. The molecule has 0 saturated heterocycles. The Labute approximate surface area is 165 Å². The van der Waals surface area contributed by atoms with Crippen LogP contribution in [0.5, 0.6) is 5.75 Å². The lowest BCUT2D eigenvalue weighted by molar-refractivity contribution is 0.0843. The molecular weight excluding hydrogens is 379 g/mol. The maximum atomic E-state index is 13.8. The summed E-state index contributed by atoms with van der Waals surface area (Å²) >= 11 is 0. The second-order valence-electron chi connectivity index (χ2n) is 6.18. The monoisotopic (exact) mass is 398 g/mol. The van der Waals surface area contributed by atoms with Crippen LogP contribution < -0.4 is 21.1 Å². The second kappa shape index (κ2) is 8.51. The predicted octanol–water partition coefficient (Wildman–Crippen LogP) is 2.03. The van der Waals surface area contributed by atoms with Crippen LogP contribution in [0.2, 0.25) is 0 Å². The molecule has 9 heteroatoms. The number of carbonyl (C=O) groups is 2. The number of hydrogen-bond donors (Lipinski definition) is 2. The number of fused-ring (bicyclic) bond motifs is 1. The van der Waals surface area contributed by atoms with Gasteiger partial charge in [0.05, 0.1) is 12.5 Å². The van der Waals surface area contributed by atoms with Crippen molar-refractivity contribution in [2.75, 3.05) is 7.11 Å². The molecule has 2 N–H and O–H groups in total. The number of aryl methyl sites for hydroxylation is 1. The molecule has 1 aromatic heterocycles. The minimum absolute atomic E-state index is 0.000522. The van der Waals surface area contributed by atoms with Crippen LogP contribution in [0.4, 0.5) is 4.39 Å². The van der Waals surface area contributed by atoms with Gasteiger partial charge in [0.25, 0.3) is 17.4 Å². The number of rotatable bonds is 5. The molecule has 1 heterocycles. The summed E-state index contributed by atoms with van der Waals surface area (Å²) in [5, 5.41) is 4.86. The molecule has 0 spiro atoms. The number of nitrogens with one attached hydrogen (secondary N) is 2. The van der Waals surface area contributed by atoms with Gasteiger partial charge in [0.1, 0.15) is 0 Å². The molecule has 0 saturated carbocycles. The number of nitrogens with zero attached hydrogens (tertiary/aromatic N) is 2. The van der Waals surface area contributed by atoms with Crippen molar-refractivity contribution < 1.29 is 18.7 Å². The average molecular weight is 398 g/mol. The number of halogens is 1. The molecule has 0 unspecified atom stereocenters. The molecule has 0 radical (unpaired) electrons. The highest BCUT2D eigenvalue weighted by molar-refractivity contribution is 6.06. The molecule has 3 rings (SSSR count). The summed E-state index contributed by atoms with van der Waals surface area (Å²) in [7, 11) is 1.31. The Balaban J connectivity index is 1.84. The van der Waals surface area contributed by atoms with E-state index in [0.29, 0.717) is 23.7 Å². The zero-order chi connectivity index (χ0) is 21.0. The molecule has 0 aliphatic rings. The fraction of sp³-hybridized carbons (Fsp3) is 0.200. The van der Waals surface area contributed by atoms with Gasteiger partial charge in [-0.25, -0.2) is 9.07 Å². The van der Waals surface area contributed by atoms with Gasteiger partial charge < -0.3 is 4.74 Å². The lowest BCUT2D eigenvalue weighted by Gasteiger charge is -2.11. The fourth-order valence-corrected chi connectivity index (χ4v) is 2.82. The highest BCUT2D eigenvalue weighted by atomic mass is 19.1. The summed E-state index contributed by atoms with van der Waals surface area (Å²) in [5.74, 6) is -2.12. The molecule has 8 nitrogen and oxygen atoms in total.